The Morgan fingerprint density at radius 3 is 1.35 bits per heavy atom. The van der Waals surface area contributed by atoms with E-state index < -0.39 is 0 Å². The first-order chi connectivity index (χ1) is 14.1. The van der Waals surface area contributed by atoms with Crippen molar-refractivity contribution in [2.75, 3.05) is 27.2 Å². The van der Waals surface area contributed by atoms with Crippen molar-refractivity contribution in [3.05, 3.63) is 35.9 Å². The third kappa shape index (κ3) is 21.2. The van der Waals surface area contributed by atoms with Crippen molar-refractivity contribution in [3.63, 3.8) is 0 Å². The van der Waals surface area contributed by atoms with E-state index >= 15 is 0 Å². The van der Waals surface area contributed by atoms with E-state index in [4.69, 9.17) is 0 Å². The third-order valence-electron chi connectivity index (χ3n) is 6.47. The molecule has 3 heteroatoms. The lowest BCUT2D eigenvalue weighted by molar-refractivity contribution is -0.890. The average Bonchev–Trinajstić information content (AvgIpc) is 2.73. The van der Waals surface area contributed by atoms with Gasteiger partial charge in [0.05, 0.1) is 27.2 Å². The van der Waals surface area contributed by atoms with Crippen molar-refractivity contribution < 1.29 is 26.9 Å². The van der Waals surface area contributed by atoms with E-state index in [1.165, 1.54) is 128 Å². The topological polar surface area (TPSA) is 31.5 Å². The molecule has 1 aromatic rings. The predicted octanol–water partition coefficient (Wildman–Crippen LogP) is 4.75. The van der Waals surface area contributed by atoms with Gasteiger partial charge in [0.2, 0.25) is 0 Å². The first-order valence-corrected chi connectivity index (χ1v) is 13.0. The van der Waals surface area contributed by atoms with Crippen molar-refractivity contribution in [1.82, 2.24) is 0 Å². The summed E-state index contributed by atoms with van der Waals surface area (Å²) in [6.07, 6.45) is 24.4. The summed E-state index contributed by atoms with van der Waals surface area (Å²) in [5.41, 5.74) is 1.48. The summed E-state index contributed by atoms with van der Waals surface area (Å²) in [7, 11) is 4.79. The zero-order valence-electron chi connectivity index (χ0n) is 21.1. The summed E-state index contributed by atoms with van der Waals surface area (Å²) in [5, 5.41) is 0. The Balaban J connectivity index is 0. The lowest BCUT2D eigenvalue weighted by Gasteiger charge is -2.30. The minimum absolute atomic E-state index is 0. The van der Waals surface area contributed by atoms with E-state index in [0.717, 1.165) is 4.48 Å². The van der Waals surface area contributed by atoms with E-state index in [-0.39, 0.29) is 22.5 Å². The van der Waals surface area contributed by atoms with Gasteiger partial charge < -0.3 is 26.9 Å². The molecular formula is C28H54BrNO. The third-order valence-corrected chi connectivity index (χ3v) is 6.47. The zero-order chi connectivity index (χ0) is 21.0. The molecule has 1 aromatic carbocycles. The molecule has 0 aliphatic heterocycles. The second-order valence-electron chi connectivity index (χ2n) is 9.92. The fraction of sp³-hybridized carbons (Fsp3) is 0.786. The Hall–Kier alpha value is -0.380. The molecule has 184 valence electrons. The quantitative estimate of drug-likeness (QED) is 0.183. The molecule has 0 atom stereocenters. The predicted molar refractivity (Wildman–Crippen MR) is 135 cm³/mol. The minimum atomic E-state index is 0. The molecule has 0 aliphatic rings. The van der Waals surface area contributed by atoms with Crippen LogP contribution in [-0.2, 0) is 6.42 Å². The minimum Gasteiger partial charge on any atom is -1.00 e. The fourth-order valence-electron chi connectivity index (χ4n) is 4.28. The average molecular weight is 501 g/mol. The van der Waals surface area contributed by atoms with Crippen LogP contribution in [0, 0.1) is 0 Å². The van der Waals surface area contributed by atoms with Gasteiger partial charge in [0.1, 0.15) is 0 Å². The van der Waals surface area contributed by atoms with Crippen LogP contribution in [0.15, 0.2) is 30.3 Å². The number of benzene rings is 1. The van der Waals surface area contributed by atoms with Gasteiger partial charge in [-0.2, -0.15) is 0 Å². The SMILES string of the molecule is CCCCCCCCCCCCCCCCCC[N+](C)(C)CCc1ccccc1.O.[Br-]. The van der Waals surface area contributed by atoms with Crippen LogP contribution in [-0.4, -0.2) is 37.1 Å². The molecule has 0 bridgehead atoms. The van der Waals surface area contributed by atoms with Crippen LogP contribution in [0.4, 0.5) is 0 Å². The highest BCUT2D eigenvalue weighted by Gasteiger charge is 2.14. The maximum Gasteiger partial charge on any atom is 0.0823 e. The van der Waals surface area contributed by atoms with Crippen LogP contribution in [0.2, 0.25) is 0 Å². The van der Waals surface area contributed by atoms with E-state index in [0.29, 0.717) is 0 Å². The Morgan fingerprint density at radius 1 is 0.548 bits per heavy atom. The van der Waals surface area contributed by atoms with Crippen molar-refractivity contribution in [1.29, 1.82) is 0 Å². The van der Waals surface area contributed by atoms with Crippen molar-refractivity contribution in [2.24, 2.45) is 0 Å². The lowest BCUT2D eigenvalue weighted by Crippen LogP contribution is -3.00. The molecule has 0 spiro atoms. The van der Waals surface area contributed by atoms with Crippen molar-refractivity contribution in [2.45, 2.75) is 116 Å². The fourth-order valence-corrected chi connectivity index (χ4v) is 4.28. The van der Waals surface area contributed by atoms with Gasteiger partial charge in [-0.25, -0.2) is 0 Å². The Labute approximate surface area is 205 Å². The summed E-state index contributed by atoms with van der Waals surface area (Å²) in [6.45, 7) is 4.88. The van der Waals surface area contributed by atoms with Crippen LogP contribution in [0.1, 0.15) is 115 Å². The number of halogens is 1. The highest BCUT2D eigenvalue weighted by atomic mass is 79.9. The number of rotatable bonds is 20. The van der Waals surface area contributed by atoms with E-state index in [2.05, 4.69) is 51.4 Å². The molecule has 0 aromatic heterocycles. The number of nitrogens with zero attached hydrogens (tertiary/aromatic N) is 1. The number of likely N-dealkylation sites (N-methyl/N-ethyl adjacent to an activating group) is 1. The van der Waals surface area contributed by atoms with Crippen LogP contribution in [0.25, 0.3) is 0 Å². The molecule has 1 rings (SSSR count). The van der Waals surface area contributed by atoms with Gasteiger partial charge in [0.25, 0.3) is 0 Å². The van der Waals surface area contributed by atoms with Crippen LogP contribution in [0.3, 0.4) is 0 Å². The highest BCUT2D eigenvalue weighted by Crippen LogP contribution is 2.14. The number of unbranched alkanes of at least 4 members (excludes halogenated alkanes) is 15. The van der Waals surface area contributed by atoms with E-state index in [1.807, 2.05) is 0 Å². The molecule has 0 unspecified atom stereocenters. The van der Waals surface area contributed by atoms with Crippen molar-refractivity contribution in [3.8, 4) is 0 Å². The summed E-state index contributed by atoms with van der Waals surface area (Å²) >= 11 is 0. The molecule has 2 N–H and O–H groups in total. The molecule has 0 heterocycles. The van der Waals surface area contributed by atoms with E-state index in [9.17, 15) is 0 Å². The zero-order valence-corrected chi connectivity index (χ0v) is 22.7. The summed E-state index contributed by atoms with van der Waals surface area (Å²) < 4.78 is 1.16. The first-order valence-electron chi connectivity index (χ1n) is 13.0. The second kappa shape index (κ2) is 22.8. The lowest BCUT2D eigenvalue weighted by atomic mass is 10.0. The molecule has 0 radical (unpaired) electrons. The Bertz CT molecular complexity index is 463. The molecule has 0 saturated carbocycles. The molecule has 0 aliphatic carbocycles. The molecule has 2 nitrogen and oxygen atoms in total. The Morgan fingerprint density at radius 2 is 0.935 bits per heavy atom. The van der Waals surface area contributed by atoms with Gasteiger partial charge >= 0.3 is 0 Å². The second-order valence-corrected chi connectivity index (χ2v) is 9.92. The number of quaternary nitrogens is 1. The van der Waals surface area contributed by atoms with Gasteiger partial charge in [-0.1, -0.05) is 127 Å². The first kappa shape index (κ1) is 32.8. The summed E-state index contributed by atoms with van der Waals surface area (Å²) in [6, 6.07) is 10.9. The largest absolute Gasteiger partial charge is 1.00 e. The monoisotopic (exact) mass is 499 g/mol. The van der Waals surface area contributed by atoms with Crippen LogP contribution in [0.5, 0.6) is 0 Å². The van der Waals surface area contributed by atoms with Gasteiger partial charge in [-0.3, -0.25) is 0 Å². The standard InChI is InChI=1S/C28H52N.BrH.H2O/c1-4-5-6-7-8-9-10-11-12-13-14-15-16-17-18-22-26-29(2,3)27-25-28-23-20-19-21-24-28;;/h19-21,23-24H,4-18,22,25-27H2,1-3H3;1H;1H2/q+1;;/p-1. The maximum atomic E-state index is 2.40. The number of hydrogen-bond acceptors (Lipinski definition) is 0. The maximum absolute atomic E-state index is 2.40. The normalized spacial score (nSPS) is 11.1. The van der Waals surface area contributed by atoms with Crippen LogP contribution < -0.4 is 17.0 Å². The van der Waals surface area contributed by atoms with Gasteiger partial charge in [0.15, 0.2) is 0 Å². The Kier molecular flexibility index (Phi) is 24.1. The molecule has 0 saturated heterocycles. The molecule has 31 heavy (non-hydrogen) atoms. The van der Waals surface area contributed by atoms with Gasteiger partial charge in [-0.15, -0.1) is 0 Å². The van der Waals surface area contributed by atoms with Gasteiger partial charge in [-0.05, 0) is 18.4 Å². The van der Waals surface area contributed by atoms with Crippen molar-refractivity contribution >= 4 is 0 Å². The highest BCUT2D eigenvalue weighted by molar-refractivity contribution is 5.14. The van der Waals surface area contributed by atoms with Gasteiger partial charge in [0, 0.05) is 6.42 Å². The molecule has 0 amide bonds. The molecular weight excluding hydrogens is 446 g/mol. The molecule has 0 fully saturated rings. The van der Waals surface area contributed by atoms with Crippen LogP contribution >= 0.6 is 0 Å². The summed E-state index contributed by atoms with van der Waals surface area (Å²) in [5.74, 6) is 0. The summed E-state index contributed by atoms with van der Waals surface area (Å²) in [4.78, 5) is 0. The van der Waals surface area contributed by atoms with E-state index in [1.54, 1.807) is 0 Å². The number of hydrogen-bond donors (Lipinski definition) is 0. The smallest absolute Gasteiger partial charge is 0.0823 e.